The molecule has 114 valence electrons. The topological polar surface area (TPSA) is 78.1 Å². The maximum absolute atomic E-state index is 12.1. The van der Waals surface area contributed by atoms with Gasteiger partial charge in [-0.3, -0.25) is 4.79 Å². The van der Waals surface area contributed by atoms with Crippen molar-refractivity contribution in [2.24, 2.45) is 4.99 Å². The molecule has 0 saturated carbocycles. The van der Waals surface area contributed by atoms with Crippen LogP contribution in [0.15, 0.2) is 28.1 Å². The van der Waals surface area contributed by atoms with Gasteiger partial charge in [0.05, 0.1) is 12.0 Å². The van der Waals surface area contributed by atoms with Gasteiger partial charge in [0.1, 0.15) is 0 Å². The molecule has 0 atom stereocenters. The van der Waals surface area contributed by atoms with Crippen LogP contribution in [0.25, 0.3) is 0 Å². The molecule has 1 aromatic heterocycles. The average Bonchev–Trinajstić information content (AvgIpc) is 2.45. The maximum Gasteiger partial charge on any atom is 0.407 e. The lowest BCUT2D eigenvalue weighted by Crippen LogP contribution is -2.39. The zero-order chi connectivity index (χ0) is 15.4. The van der Waals surface area contributed by atoms with E-state index in [4.69, 9.17) is 5.11 Å². The first-order valence-electron chi connectivity index (χ1n) is 6.88. The summed E-state index contributed by atoms with van der Waals surface area (Å²) in [5.74, 6) is 0. The van der Waals surface area contributed by atoms with Gasteiger partial charge < -0.3 is 19.5 Å². The van der Waals surface area contributed by atoms with Crippen LogP contribution in [0.1, 0.15) is 18.9 Å². The van der Waals surface area contributed by atoms with E-state index in [1.165, 1.54) is 11.0 Å². The molecule has 1 saturated heterocycles. The van der Waals surface area contributed by atoms with E-state index in [9.17, 15) is 9.59 Å². The van der Waals surface area contributed by atoms with Gasteiger partial charge in [-0.1, -0.05) is 0 Å². The normalized spacial score (nSPS) is 16.4. The fourth-order valence-corrected chi connectivity index (χ4v) is 2.38. The number of aliphatic imine (C=N–C) groups is 1. The number of aromatic nitrogens is 1. The second kappa shape index (κ2) is 6.43. The van der Waals surface area contributed by atoms with Crippen molar-refractivity contribution in [2.45, 2.75) is 18.9 Å². The Kier molecular flexibility index (Phi) is 4.62. The van der Waals surface area contributed by atoms with E-state index in [1.54, 1.807) is 28.1 Å². The van der Waals surface area contributed by atoms with Crippen LogP contribution < -0.4 is 5.56 Å². The summed E-state index contributed by atoms with van der Waals surface area (Å²) >= 11 is 0. The predicted molar refractivity (Wildman–Crippen MR) is 80.4 cm³/mol. The number of likely N-dealkylation sites (tertiary alicyclic amines) is 1. The second-order valence-corrected chi connectivity index (χ2v) is 5.34. The highest BCUT2D eigenvalue weighted by molar-refractivity contribution is 5.65. The summed E-state index contributed by atoms with van der Waals surface area (Å²) in [6.07, 6.45) is 3.81. The van der Waals surface area contributed by atoms with Crippen LogP contribution in [0.3, 0.4) is 0 Å². The molecule has 0 spiro atoms. The fraction of sp³-hybridized carbons (Fsp3) is 0.500. The largest absolute Gasteiger partial charge is 0.465 e. The van der Waals surface area contributed by atoms with Gasteiger partial charge in [0, 0.05) is 45.5 Å². The van der Waals surface area contributed by atoms with Crippen molar-refractivity contribution in [2.75, 3.05) is 27.2 Å². The lowest BCUT2D eigenvalue weighted by atomic mass is 10.1. The molecule has 1 N–H and O–H groups in total. The Labute approximate surface area is 123 Å². The standard InChI is InChI=1S/C14H20N4O3/c1-16(2)10-15-11-3-8-18(13(19)9-11)12-4-6-17(7-5-12)14(20)21/h3,8-10,12H,4-7H2,1-2H3,(H,20,21)/b15-10-. The number of carboxylic acid groups (broad SMARTS) is 1. The molecule has 0 unspecified atom stereocenters. The van der Waals surface area contributed by atoms with Gasteiger partial charge in [-0.25, -0.2) is 9.79 Å². The summed E-state index contributed by atoms with van der Waals surface area (Å²) in [4.78, 5) is 30.4. The molecule has 1 fully saturated rings. The van der Waals surface area contributed by atoms with Gasteiger partial charge in [0.2, 0.25) is 0 Å². The Hall–Kier alpha value is -2.31. The monoisotopic (exact) mass is 292 g/mol. The van der Waals surface area contributed by atoms with Gasteiger partial charge in [-0.2, -0.15) is 0 Å². The van der Waals surface area contributed by atoms with Crippen molar-refractivity contribution in [3.05, 3.63) is 28.7 Å². The van der Waals surface area contributed by atoms with Crippen LogP contribution >= 0.6 is 0 Å². The van der Waals surface area contributed by atoms with Crippen LogP contribution in [-0.4, -0.2) is 59.1 Å². The zero-order valence-electron chi connectivity index (χ0n) is 12.3. The molecule has 21 heavy (non-hydrogen) atoms. The number of amides is 1. The lowest BCUT2D eigenvalue weighted by molar-refractivity contribution is 0.125. The number of nitrogens with zero attached hydrogens (tertiary/aromatic N) is 4. The minimum absolute atomic E-state index is 0.0555. The number of hydrogen-bond donors (Lipinski definition) is 1. The van der Waals surface area contributed by atoms with E-state index < -0.39 is 6.09 Å². The van der Waals surface area contributed by atoms with E-state index in [2.05, 4.69) is 4.99 Å². The summed E-state index contributed by atoms with van der Waals surface area (Å²) in [7, 11) is 3.72. The first-order chi connectivity index (χ1) is 9.97. The van der Waals surface area contributed by atoms with Gasteiger partial charge in [0.25, 0.3) is 5.56 Å². The molecule has 7 nitrogen and oxygen atoms in total. The van der Waals surface area contributed by atoms with Crippen LogP contribution in [0.5, 0.6) is 0 Å². The Morgan fingerprint density at radius 2 is 2.10 bits per heavy atom. The highest BCUT2D eigenvalue weighted by Crippen LogP contribution is 2.21. The van der Waals surface area contributed by atoms with E-state index in [-0.39, 0.29) is 11.6 Å². The third-order valence-corrected chi connectivity index (χ3v) is 3.50. The highest BCUT2D eigenvalue weighted by Gasteiger charge is 2.23. The van der Waals surface area contributed by atoms with E-state index in [0.29, 0.717) is 31.6 Å². The Morgan fingerprint density at radius 3 is 2.62 bits per heavy atom. The summed E-state index contributed by atoms with van der Waals surface area (Å²) in [5.41, 5.74) is 0.519. The minimum atomic E-state index is -0.894. The quantitative estimate of drug-likeness (QED) is 0.674. The Balaban J connectivity index is 2.08. The molecule has 0 bridgehead atoms. The first-order valence-corrected chi connectivity index (χ1v) is 6.88. The van der Waals surface area contributed by atoms with Gasteiger partial charge in [-0.05, 0) is 18.9 Å². The number of piperidine rings is 1. The van der Waals surface area contributed by atoms with Crippen LogP contribution in [0, 0.1) is 0 Å². The number of hydrogen-bond acceptors (Lipinski definition) is 3. The van der Waals surface area contributed by atoms with Gasteiger partial charge >= 0.3 is 6.09 Å². The minimum Gasteiger partial charge on any atom is -0.465 e. The molecular weight excluding hydrogens is 272 g/mol. The molecule has 0 aromatic carbocycles. The molecule has 1 amide bonds. The molecule has 0 aliphatic carbocycles. The smallest absolute Gasteiger partial charge is 0.407 e. The highest BCUT2D eigenvalue weighted by atomic mass is 16.4. The molecule has 7 heteroatoms. The lowest BCUT2D eigenvalue weighted by Gasteiger charge is -2.31. The Morgan fingerprint density at radius 1 is 1.43 bits per heavy atom. The second-order valence-electron chi connectivity index (χ2n) is 5.34. The van der Waals surface area contributed by atoms with E-state index in [1.807, 2.05) is 14.1 Å². The number of carbonyl (C=O) groups is 1. The van der Waals surface area contributed by atoms with Crippen molar-refractivity contribution in [1.29, 1.82) is 0 Å². The summed E-state index contributed by atoms with van der Waals surface area (Å²) in [5, 5.41) is 8.93. The predicted octanol–water partition coefficient (Wildman–Crippen LogP) is 1.38. The fourth-order valence-electron chi connectivity index (χ4n) is 2.38. The number of rotatable bonds is 3. The van der Waals surface area contributed by atoms with Crippen molar-refractivity contribution in [3.63, 3.8) is 0 Å². The van der Waals surface area contributed by atoms with Crippen molar-refractivity contribution >= 4 is 18.1 Å². The van der Waals surface area contributed by atoms with E-state index >= 15 is 0 Å². The van der Waals surface area contributed by atoms with Crippen molar-refractivity contribution in [3.8, 4) is 0 Å². The SMILES string of the molecule is CN(C)/C=N\c1ccn(C2CCN(C(=O)O)CC2)c(=O)c1. The molecular formula is C14H20N4O3. The number of pyridine rings is 1. The van der Waals surface area contributed by atoms with Gasteiger partial charge in [0.15, 0.2) is 0 Å². The third kappa shape index (κ3) is 3.84. The third-order valence-electron chi connectivity index (χ3n) is 3.50. The molecule has 2 heterocycles. The summed E-state index contributed by atoms with van der Waals surface area (Å²) in [6, 6.07) is 3.36. The first kappa shape index (κ1) is 15.1. The van der Waals surface area contributed by atoms with Crippen molar-refractivity contribution in [1.82, 2.24) is 14.4 Å². The van der Waals surface area contributed by atoms with E-state index in [0.717, 1.165) is 0 Å². The average molecular weight is 292 g/mol. The molecule has 1 aliphatic heterocycles. The molecule has 1 aliphatic rings. The van der Waals surface area contributed by atoms with Crippen LogP contribution in [0.2, 0.25) is 0 Å². The molecule has 1 aromatic rings. The van der Waals surface area contributed by atoms with Crippen molar-refractivity contribution < 1.29 is 9.90 Å². The van der Waals surface area contributed by atoms with Gasteiger partial charge in [-0.15, -0.1) is 0 Å². The maximum atomic E-state index is 12.1. The summed E-state index contributed by atoms with van der Waals surface area (Å²) in [6.45, 7) is 0.931. The summed E-state index contributed by atoms with van der Waals surface area (Å²) < 4.78 is 1.67. The zero-order valence-corrected chi connectivity index (χ0v) is 12.3. The van der Waals surface area contributed by atoms with Crippen LogP contribution in [0.4, 0.5) is 10.5 Å². The Bertz CT molecular complexity index is 586. The molecule has 2 rings (SSSR count). The molecule has 0 radical (unpaired) electrons. The van der Waals surface area contributed by atoms with Crippen LogP contribution in [-0.2, 0) is 0 Å².